The van der Waals surface area contributed by atoms with Crippen LogP contribution >= 0.6 is 0 Å². The molecule has 1 fully saturated rings. The maximum absolute atomic E-state index is 13.0. The minimum atomic E-state index is -3.78. The Morgan fingerprint density at radius 1 is 1.12 bits per heavy atom. The summed E-state index contributed by atoms with van der Waals surface area (Å²) in [6.07, 6.45) is 7.78. The van der Waals surface area contributed by atoms with Crippen molar-refractivity contribution in [1.29, 1.82) is 0 Å². The molecule has 4 aromatic rings. The number of fused-ring (bicyclic) bond motifs is 1. The van der Waals surface area contributed by atoms with E-state index in [1.807, 2.05) is 36.5 Å². The number of rotatable bonds is 10. The highest BCUT2D eigenvalue weighted by Crippen LogP contribution is 2.43. The number of methoxy groups -OCH3 is 1. The number of amides is 1. The Labute approximate surface area is 237 Å². The van der Waals surface area contributed by atoms with Gasteiger partial charge in [0.1, 0.15) is 16.3 Å². The summed E-state index contributed by atoms with van der Waals surface area (Å²) in [6.45, 7) is 0.545. The number of ether oxygens (including phenoxy) is 2. The third-order valence-electron chi connectivity index (χ3n) is 7.40. The van der Waals surface area contributed by atoms with Gasteiger partial charge >= 0.3 is 0 Å². The van der Waals surface area contributed by atoms with Crippen LogP contribution in [0.5, 0.6) is 0 Å². The van der Waals surface area contributed by atoms with Gasteiger partial charge in [-0.15, -0.1) is 0 Å². The predicted molar refractivity (Wildman–Crippen MR) is 150 cm³/mol. The van der Waals surface area contributed by atoms with Gasteiger partial charge in [0, 0.05) is 36.6 Å². The molecule has 13 nitrogen and oxygen atoms in total. The van der Waals surface area contributed by atoms with Crippen LogP contribution in [0.1, 0.15) is 37.3 Å². The highest BCUT2D eigenvalue weighted by Gasteiger charge is 2.45. The topological polar surface area (TPSA) is 165 Å². The molecule has 14 heteroatoms. The fourth-order valence-electron chi connectivity index (χ4n) is 5.36. The fraction of sp³-hybridized carbons (Fsp3) is 0.407. The van der Waals surface area contributed by atoms with Gasteiger partial charge in [-0.05, 0) is 37.8 Å². The van der Waals surface area contributed by atoms with Crippen LogP contribution in [-0.4, -0.2) is 78.0 Å². The summed E-state index contributed by atoms with van der Waals surface area (Å²) in [5, 5.41) is 8.85. The molecule has 218 valence electrons. The number of hydrogen-bond donors (Lipinski definition) is 2. The van der Waals surface area contributed by atoms with Crippen molar-refractivity contribution in [3.63, 3.8) is 0 Å². The number of nitrogens with two attached hydrogens (primary N) is 1. The summed E-state index contributed by atoms with van der Waals surface area (Å²) in [7, 11) is -0.861. The standard InChI is InChI=1S/C27H33N7O6S/c1-38-13-14-40-27(26(35)32-39-2)11-9-18(10-12-27)22-23(41(3,36)37)24(28)34-25(31-22)21(16-30-34)19-15-29-33(17-19)20-7-5-4-6-8-20/h4-8,15-18H,9-14,28H2,1-3H3,(H,32,35)/t18-,27-. The van der Waals surface area contributed by atoms with Crippen LogP contribution in [0.4, 0.5) is 5.82 Å². The molecular formula is C27H33N7O6S. The van der Waals surface area contributed by atoms with E-state index >= 15 is 0 Å². The third kappa shape index (κ3) is 5.55. The lowest BCUT2D eigenvalue weighted by atomic mass is 9.76. The molecule has 3 heterocycles. The highest BCUT2D eigenvalue weighted by atomic mass is 32.2. The molecule has 1 saturated carbocycles. The first-order chi connectivity index (χ1) is 19.7. The minimum Gasteiger partial charge on any atom is -0.382 e. The van der Waals surface area contributed by atoms with Gasteiger partial charge in [-0.2, -0.15) is 14.7 Å². The van der Waals surface area contributed by atoms with Crippen LogP contribution in [0.3, 0.4) is 0 Å². The zero-order valence-electron chi connectivity index (χ0n) is 23.1. The first kappa shape index (κ1) is 28.7. The molecule has 0 saturated heterocycles. The summed E-state index contributed by atoms with van der Waals surface area (Å²) >= 11 is 0. The second kappa shape index (κ2) is 11.6. The number of nitrogen functional groups attached to an aromatic ring is 1. The van der Waals surface area contributed by atoms with Crippen molar-refractivity contribution in [3.8, 4) is 16.8 Å². The normalized spacial score (nSPS) is 19.4. The zero-order valence-corrected chi connectivity index (χ0v) is 23.9. The number of sulfone groups is 1. The quantitative estimate of drug-likeness (QED) is 0.209. The molecule has 0 aliphatic heterocycles. The predicted octanol–water partition coefficient (Wildman–Crippen LogP) is 2.30. The Morgan fingerprint density at radius 2 is 1.85 bits per heavy atom. The number of nitrogens with zero attached hydrogens (tertiary/aromatic N) is 5. The lowest BCUT2D eigenvalue weighted by molar-refractivity contribution is -0.165. The van der Waals surface area contributed by atoms with Crippen molar-refractivity contribution in [1.82, 2.24) is 29.9 Å². The van der Waals surface area contributed by atoms with Crippen molar-refractivity contribution < 1.29 is 27.5 Å². The smallest absolute Gasteiger partial charge is 0.275 e. The van der Waals surface area contributed by atoms with E-state index in [4.69, 9.17) is 25.0 Å². The highest BCUT2D eigenvalue weighted by molar-refractivity contribution is 7.91. The molecule has 1 aliphatic carbocycles. The molecule has 41 heavy (non-hydrogen) atoms. The van der Waals surface area contributed by atoms with Gasteiger partial charge < -0.3 is 15.2 Å². The van der Waals surface area contributed by atoms with E-state index in [1.165, 1.54) is 11.6 Å². The SMILES string of the molecule is COCCO[C@]1(C(=O)NOC)CC[C@@H](c2nc3c(-c4cnn(-c5ccccc5)c4)cnn3c(N)c2S(C)(=O)=O)CC1. The molecule has 0 radical (unpaired) electrons. The summed E-state index contributed by atoms with van der Waals surface area (Å²) in [6, 6.07) is 9.66. The number of hydroxylamine groups is 1. The number of aromatic nitrogens is 5. The first-order valence-electron chi connectivity index (χ1n) is 13.1. The number of para-hydroxylation sites is 1. The largest absolute Gasteiger partial charge is 0.382 e. The van der Waals surface area contributed by atoms with Gasteiger partial charge in [-0.25, -0.2) is 23.6 Å². The maximum Gasteiger partial charge on any atom is 0.275 e. The van der Waals surface area contributed by atoms with Crippen LogP contribution < -0.4 is 11.2 Å². The molecule has 0 atom stereocenters. The van der Waals surface area contributed by atoms with Crippen molar-refractivity contribution >= 4 is 27.2 Å². The number of carbonyl (C=O) groups is 1. The van der Waals surface area contributed by atoms with Crippen LogP contribution in [0, 0.1) is 0 Å². The van der Waals surface area contributed by atoms with E-state index in [2.05, 4.69) is 15.7 Å². The molecule has 0 bridgehead atoms. The third-order valence-corrected chi connectivity index (χ3v) is 8.56. The summed E-state index contributed by atoms with van der Waals surface area (Å²) in [5.74, 6) is -0.704. The second-order valence-electron chi connectivity index (χ2n) is 10.0. The van der Waals surface area contributed by atoms with E-state index < -0.39 is 21.3 Å². The fourth-order valence-corrected chi connectivity index (χ4v) is 6.42. The van der Waals surface area contributed by atoms with E-state index in [9.17, 15) is 13.2 Å². The Kier molecular flexibility index (Phi) is 8.09. The summed E-state index contributed by atoms with van der Waals surface area (Å²) < 4.78 is 40.2. The van der Waals surface area contributed by atoms with Gasteiger partial charge in [0.05, 0.1) is 44.1 Å². The van der Waals surface area contributed by atoms with Gasteiger partial charge in [0.25, 0.3) is 5.91 Å². The molecule has 1 amide bonds. The van der Waals surface area contributed by atoms with Crippen LogP contribution in [0.2, 0.25) is 0 Å². The van der Waals surface area contributed by atoms with Crippen molar-refractivity contribution in [3.05, 3.63) is 54.6 Å². The molecule has 1 aromatic carbocycles. The number of hydrogen-bond acceptors (Lipinski definition) is 10. The van der Waals surface area contributed by atoms with E-state index in [0.29, 0.717) is 49.2 Å². The Balaban J connectivity index is 1.53. The van der Waals surface area contributed by atoms with Gasteiger partial charge in [-0.1, -0.05) is 18.2 Å². The lowest BCUT2D eigenvalue weighted by Gasteiger charge is -2.38. The number of carbonyl (C=O) groups excluding carboxylic acids is 1. The zero-order chi connectivity index (χ0) is 29.2. The maximum atomic E-state index is 13.0. The van der Waals surface area contributed by atoms with Gasteiger partial charge in [-0.3, -0.25) is 9.63 Å². The minimum absolute atomic E-state index is 0.0143. The van der Waals surface area contributed by atoms with Crippen molar-refractivity contribution in [2.45, 2.75) is 42.1 Å². The average molecular weight is 584 g/mol. The molecule has 0 spiro atoms. The molecular weight excluding hydrogens is 550 g/mol. The number of anilines is 1. The second-order valence-corrected chi connectivity index (χ2v) is 12.0. The Bertz CT molecular complexity index is 1640. The van der Waals surface area contributed by atoms with Gasteiger partial charge in [0.15, 0.2) is 15.5 Å². The van der Waals surface area contributed by atoms with Crippen LogP contribution in [-0.2, 0) is 28.9 Å². The molecule has 1 aliphatic rings. The monoisotopic (exact) mass is 583 g/mol. The van der Waals surface area contributed by atoms with Crippen LogP contribution in [0.25, 0.3) is 22.5 Å². The summed E-state index contributed by atoms with van der Waals surface area (Å²) in [5.41, 5.74) is 10.8. The Morgan fingerprint density at radius 3 is 2.51 bits per heavy atom. The van der Waals surface area contributed by atoms with Crippen molar-refractivity contribution in [2.75, 3.05) is 39.4 Å². The first-order valence-corrected chi connectivity index (χ1v) is 15.0. The van der Waals surface area contributed by atoms with E-state index in [0.717, 1.165) is 17.5 Å². The Hall–Kier alpha value is -3.85. The van der Waals surface area contributed by atoms with E-state index in [-0.39, 0.29) is 23.2 Å². The lowest BCUT2D eigenvalue weighted by Crippen LogP contribution is -2.51. The van der Waals surface area contributed by atoms with E-state index in [1.54, 1.807) is 24.2 Å². The average Bonchev–Trinajstić information content (AvgIpc) is 3.61. The number of nitrogens with one attached hydrogen (secondary N) is 1. The van der Waals surface area contributed by atoms with Crippen molar-refractivity contribution in [2.24, 2.45) is 0 Å². The molecule has 0 unspecified atom stereocenters. The number of benzene rings is 1. The molecule has 5 rings (SSSR count). The molecule has 3 N–H and O–H groups in total. The van der Waals surface area contributed by atoms with Gasteiger partial charge in [0.2, 0.25) is 0 Å². The van der Waals surface area contributed by atoms with Crippen LogP contribution in [0.15, 0.2) is 53.8 Å². The molecule has 3 aromatic heterocycles. The summed E-state index contributed by atoms with van der Waals surface area (Å²) in [4.78, 5) is 22.6.